The molecule has 0 saturated carbocycles. The van der Waals surface area contributed by atoms with E-state index < -0.39 is 0 Å². The summed E-state index contributed by atoms with van der Waals surface area (Å²) < 4.78 is 0. The highest BCUT2D eigenvalue weighted by Gasteiger charge is 2.20. The lowest BCUT2D eigenvalue weighted by atomic mass is 10.0. The van der Waals surface area contributed by atoms with Crippen molar-refractivity contribution in [1.29, 1.82) is 0 Å². The molecule has 0 atom stereocenters. The third-order valence-electron chi connectivity index (χ3n) is 4.76. The second-order valence-electron chi connectivity index (χ2n) is 6.51. The summed E-state index contributed by atoms with van der Waals surface area (Å²) in [6.07, 6.45) is 6.01. The number of anilines is 1. The first kappa shape index (κ1) is 16.4. The fourth-order valence-corrected chi connectivity index (χ4v) is 3.61. The molecule has 2 heteroatoms. The van der Waals surface area contributed by atoms with Crippen molar-refractivity contribution in [2.75, 3.05) is 18.0 Å². The van der Waals surface area contributed by atoms with Gasteiger partial charge in [-0.1, -0.05) is 50.4 Å². The van der Waals surface area contributed by atoms with Gasteiger partial charge >= 0.3 is 0 Å². The van der Waals surface area contributed by atoms with Crippen LogP contribution in [0.15, 0.2) is 36.4 Å². The Morgan fingerprint density at radius 2 is 1.61 bits per heavy atom. The van der Waals surface area contributed by atoms with Crippen LogP contribution in [0.25, 0.3) is 11.1 Å². The van der Waals surface area contributed by atoms with Crippen LogP contribution in [0, 0.1) is 0 Å². The average Bonchev–Trinajstić information content (AvgIpc) is 2.91. The third kappa shape index (κ3) is 3.55. The van der Waals surface area contributed by atoms with E-state index in [9.17, 15) is 0 Å². The Morgan fingerprint density at radius 3 is 2.30 bits per heavy atom. The second-order valence-corrected chi connectivity index (χ2v) is 6.95. The van der Waals surface area contributed by atoms with E-state index in [-0.39, 0.29) is 0 Å². The maximum Gasteiger partial charge on any atom is 0.0409 e. The van der Waals surface area contributed by atoms with Gasteiger partial charge in [0.15, 0.2) is 0 Å². The zero-order chi connectivity index (χ0) is 16.2. The summed E-state index contributed by atoms with van der Waals surface area (Å²) in [5.74, 6) is 0. The summed E-state index contributed by atoms with van der Waals surface area (Å²) in [6.45, 7) is 6.84. The van der Waals surface area contributed by atoms with Gasteiger partial charge in [-0.2, -0.15) is 0 Å². The largest absolute Gasteiger partial charge is 0.372 e. The Labute approximate surface area is 145 Å². The van der Waals surface area contributed by atoms with Crippen LogP contribution in [0.4, 0.5) is 5.69 Å². The van der Waals surface area contributed by atoms with E-state index in [2.05, 4.69) is 49.1 Å². The molecule has 0 heterocycles. The molecule has 0 spiro atoms. The highest BCUT2D eigenvalue weighted by Crippen LogP contribution is 2.39. The molecule has 0 aliphatic heterocycles. The summed E-state index contributed by atoms with van der Waals surface area (Å²) in [5, 5.41) is 0.837. The fraction of sp³-hybridized carbons (Fsp3) is 0.429. The standard InChI is InChI=1S/C21H26ClN/c1-3-5-11-23(12-6-4-2)19-9-7-16-13-17-14-18(22)8-10-20(17)21(16)15-19/h7-10,14-15H,3-6,11-13H2,1-2H3. The van der Waals surface area contributed by atoms with Gasteiger partial charge in [0.1, 0.15) is 0 Å². The highest BCUT2D eigenvalue weighted by molar-refractivity contribution is 6.30. The predicted octanol–water partition coefficient (Wildman–Crippen LogP) is 6.32. The maximum atomic E-state index is 6.15. The van der Waals surface area contributed by atoms with Crippen LogP contribution in [0.1, 0.15) is 50.7 Å². The molecule has 3 rings (SSSR count). The lowest BCUT2D eigenvalue weighted by Crippen LogP contribution is -2.25. The van der Waals surface area contributed by atoms with Crippen LogP contribution >= 0.6 is 11.6 Å². The predicted molar refractivity (Wildman–Crippen MR) is 102 cm³/mol. The number of benzene rings is 2. The van der Waals surface area contributed by atoms with Crippen LogP contribution in [-0.4, -0.2) is 13.1 Å². The van der Waals surface area contributed by atoms with Crippen molar-refractivity contribution < 1.29 is 0 Å². The molecule has 0 radical (unpaired) electrons. The van der Waals surface area contributed by atoms with Crippen LogP contribution in [0.3, 0.4) is 0 Å². The lowest BCUT2D eigenvalue weighted by Gasteiger charge is -2.25. The van der Waals surface area contributed by atoms with Gasteiger partial charge in [-0.05, 0) is 65.8 Å². The molecule has 0 bridgehead atoms. The van der Waals surface area contributed by atoms with E-state index in [1.54, 1.807) is 0 Å². The minimum Gasteiger partial charge on any atom is -0.372 e. The van der Waals surface area contributed by atoms with Crippen molar-refractivity contribution in [2.24, 2.45) is 0 Å². The summed E-state index contributed by atoms with van der Waals surface area (Å²) in [4.78, 5) is 2.56. The molecular formula is C21H26ClN. The van der Waals surface area contributed by atoms with Crippen molar-refractivity contribution in [1.82, 2.24) is 0 Å². The Morgan fingerprint density at radius 1 is 0.870 bits per heavy atom. The summed E-state index contributed by atoms with van der Waals surface area (Å²) in [6, 6.07) is 13.3. The number of unbranched alkanes of at least 4 members (excludes halogenated alkanes) is 2. The SMILES string of the molecule is CCCCN(CCCC)c1ccc2c(c1)-c1ccc(Cl)cc1C2. The van der Waals surface area contributed by atoms with Crippen LogP contribution in [-0.2, 0) is 6.42 Å². The van der Waals surface area contributed by atoms with Crippen molar-refractivity contribution in [3.05, 3.63) is 52.5 Å². The first-order valence-corrected chi connectivity index (χ1v) is 9.27. The maximum absolute atomic E-state index is 6.15. The van der Waals surface area contributed by atoms with E-state index in [0.717, 1.165) is 24.5 Å². The van der Waals surface area contributed by atoms with E-state index >= 15 is 0 Å². The minimum atomic E-state index is 0.837. The Balaban J connectivity index is 1.90. The van der Waals surface area contributed by atoms with Gasteiger partial charge < -0.3 is 4.90 Å². The number of halogens is 1. The molecule has 1 nitrogen and oxygen atoms in total. The van der Waals surface area contributed by atoms with Gasteiger partial charge in [-0.25, -0.2) is 0 Å². The van der Waals surface area contributed by atoms with E-state index in [1.807, 2.05) is 6.07 Å². The lowest BCUT2D eigenvalue weighted by molar-refractivity contribution is 0.678. The number of rotatable bonds is 7. The zero-order valence-corrected chi connectivity index (χ0v) is 15.0. The van der Waals surface area contributed by atoms with Gasteiger partial charge in [-0.15, -0.1) is 0 Å². The Hall–Kier alpha value is -1.47. The monoisotopic (exact) mass is 327 g/mol. The Kier molecular flexibility index (Phi) is 5.27. The molecular weight excluding hydrogens is 302 g/mol. The molecule has 0 saturated heterocycles. The average molecular weight is 328 g/mol. The normalized spacial score (nSPS) is 12.1. The van der Waals surface area contributed by atoms with Gasteiger partial charge in [0.2, 0.25) is 0 Å². The molecule has 0 fully saturated rings. The van der Waals surface area contributed by atoms with E-state index in [1.165, 1.54) is 53.6 Å². The van der Waals surface area contributed by atoms with Crippen LogP contribution in [0.5, 0.6) is 0 Å². The van der Waals surface area contributed by atoms with Crippen LogP contribution in [0.2, 0.25) is 5.02 Å². The molecule has 0 aromatic heterocycles. The van der Waals surface area contributed by atoms with Crippen molar-refractivity contribution >= 4 is 17.3 Å². The molecule has 2 aromatic rings. The first-order valence-electron chi connectivity index (χ1n) is 8.89. The van der Waals surface area contributed by atoms with E-state index in [4.69, 9.17) is 11.6 Å². The first-order chi connectivity index (χ1) is 11.2. The summed E-state index contributed by atoms with van der Waals surface area (Å²) in [7, 11) is 0. The van der Waals surface area contributed by atoms with Gasteiger partial charge in [-0.3, -0.25) is 0 Å². The topological polar surface area (TPSA) is 3.24 Å². The Bertz CT molecular complexity index is 670. The second kappa shape index (κ2) is 7.40. The smallest absolute Gasteiger partial charge is 0.0409 e. The summed E-state index contributed by atoms with van der Waals surface area (Å²) in [5.41, 5.74) is 6.91. The van der Waals surface area contributed by atoms with Crippen molar-refractivity contribution in [3.8, 4) is 11.1 Å². The molecule has 1 aliphatic rings. The molecule has 2 aromatic carbocycles. The molecule has 0 N–H and O–H groups in total. The quantitative estimate of drug-likeness (QED) is 0.491. The van der Waals surface area contributed by atoms with Gasteiger partial charge in [0, 0.05) is 23.8 Å². The summed E-state index contributed by atoms with van der Waals surface area (Å²) >= 11 is 6.15. The third-order valence-corrected chi connectivity index (χ3v) is 5.00. The number of hydrogen-bond acceptors (Lipinski definition) is 1. The molecule has 0 amide bonds. The number of fused-ring (bicyclic) bond motifs is 3. The van der Waals surface area contributed by atoms with Crippen LogP contribution < -0.4 is 4.90 Å². The minimum absolute atomic E-state index is 0.837. The molecule has 0 unspecified atom stereocenters. The fourth-order valence-electron chi connectivity index (χ4n) is 3.41. The van der Waals surface area contributed by atoms with Gasteiger partial charge in [0.05, 0.1) is 0 Å². The number of hydrogen-bond donors (Lipinski definition) is 0. The van der Waals surface area contributed by atoms with Crippen molar-refractivity contribution in [3.63, 3.8) is 0 Å². The molecule has 1 aliphatic carbocycles. The zero-order valence-electron chi connectivity index (χ0n) is 14.2. The van der Waals surface area contributed by atoms with Gasteiger partial charge in [0.25, 0.3) is 0 Å². The van der Waals surface area contributed by atoms with E-state index in [0.29, 0.717) is 0 Å². The highest BCUT2D eigenvalue weighted by atomic mass is 35.5. The van der Waals surface area contributed by atoms with Crippen molar-refractivity contribution in [2.45, 2.75) is 46.0 Å². The number of nitrogens with zero attached hydrogens (tertiary/aromatic N) is 1. The molecule has 23 heavy (non-hydrogen) atoms. The molecule has 122 valence electrons.